The molecule has 0 spiro atoms. The zero-order valence-corrected chi connectivity index (χ0v) is 19.3. The van der Waals surface area contributed by atoms with Gasteiger partial charge in [-0.15, -0.1) is 10.2 Å². The average Bonchev–Trinajstić information content (AvgIpc) is 3.54. The quantitative estimate of drug-likeness (QED) is 0.299. The van der Waals surface area contributed by atoms with Gasteiger partial charge in [-0.2, -0.15) is 0 Å². The van der Waals surface area contributed by atoms with Gasteiger partial charge in [0.2, 0.25) is 5.91 Å². The minimum atomic E-state index is -0.0566. The summed E-state index contributed by atoms with van der Waals surface area (Å²) in [5.41, 5.74) is 3.67. The highest BCUT2D eigenvalue weighted by Gasteiger charge is 2.19. The molecule has 0 atom stereocenters. The van der Waals surface area contributed by atoms with Crippen molar-refractivity contribution in [2.24, 2.45) is 0 Å². The third kappa shape index (κ3) is 4.67. The van der Waals surface area contributed by atoms with Gasteiger partial charge in [0.25, 0.3) is 11.1 Å². The fourth-order valence-electron chi connectivity index (χ4n) is 3.67. The number of benzene rings is 3. The van der Waals surface area contributed by atoms with E-state index in [1.165, 1.54) is 11.8 Å². The second-order valence-corrected chi connectivity index (χ2v) is 8.50. The van der Waals surface area contributed by atoms with Crippen LogP contribution in [0.4, 0.5) is 5.69 Å². The number of para-hydroxylation sites is 2. The van der Waals surface area contributed by atoms with Crippen molar-refractivity contribution < 1.29 is 13.9 Å². The molecular weight excluding hydrogens is 448 g/mol. The Hall–Kier alpha value is -4.04. The number of nitrogens with zero attached hydrogens (tertiary/aromatic N) is 3. The Labute approximate surface area is 200 Å². The maximum atomic E-state index is 13.2. The minimum absolute atomic E-state index is 0.0566. The van der Waals surface area contributed by atoms with Crippen molar-refractivity contribution >= 4 is 34.3 Å². The van der Waals surface area contributed by atoms with Gasteiger partial charge in [0.15, 0.2) is 0 Å². The lowest BCUT2D eigenvalue weighted by molar-refractivity contribution is -0.116. The molecule has 0 aliphatic rings. The summed E-state index contributed by atoms with van der Waals surface area (Å²) in [4.78, 5) is 18.2. The first-order valence-electron chi connectivity index (χ1n) is 10.7. The summed E-state index contributed by atoms with van der Waals surface area (Å²) in [6, 6.07) is 25.2. The first kappa shape index (κ1) is 21.8. The van der Waals surface area contributed by atoms with Crippen LogP contribution in [-0.4, -0.2) is 34.0 Å². The van der Waals surface area contributed by atoms with Gasteiger partial charge in [-0.3, -0.25) is 4.79 Å². The molecule has 34 heavy (non-hydrogen) atoms. The van der Waals surface area contributed by atoms with Crippen molar-refractivity contribution in [3.63, 3.8) is 0 Å². The maximum Gasteiger partial charge on any atom is 0.277 e. The van der Waals surface area contributed by atoms with Crippen LogP contribution < -0.4 is 9.64 Å². The van der Waals surface area contributed by atoms with Crippen LogP contribution in [0.5, 0.6) is 5.75 Å². The molecule has 3 aromatic carbocycles. The summed E-state index contributed by atoms with van der Waals surface area (Å²) >= 11 is 1.23. The van der Waals surface area contributed by atoms with Crippen LogP contribution in [-0.2, 0) is 11.3 Å². The Kier molecular flexibility index (Phi) is 6.31. The van der Waals surface area contributed by atoms with Crippen LogP contribution in [0.3, 0.4) is 0 Å². The number of hydrogen-bond donors (Lipinski definition) is 1. The molecule has 0 fully saturated rings. The molecule has 0 radical (unpaired) electrons. The van der Waals surface area contributed by atoms with E-state index in [0.717, 1.165) is 33.5 Å². The van der Waals surface area contributed by atoms with E-state index in [-0.39, 0.29) is 11.7 Å². The summed E-state index contributed by atoms with van der Waals surface area (Å²) in [5.74, 6) is 1.31. The summed E-state index contributed by atoms with van der Waals surface area (Å²) in [6.07, 6.45) is 1.85. The molecule has 0 unspecified atom stereocenters. The summed E-state index contributed by atoms with van der Waals surface area (Å²) in [7, 11) is 1.63. The highest BCUT2D eigenvalue weighted by atomic mass is 32.2. The van der Waals surface area contributed by atoms with Gasteiger partial charge in [0.05, 0.1) is 25.0 Å². The van der Waals surface area contributed by atoms with Gasteiger partial charge in [-0.05, 0) is 35.9 Å². The third-order valence-electron chi connectivity index (χ3n) is 5.41. The van der Waals surface area contributed by atoms with Crippen LogP contribution >= 0.6 is 11.8 Å². The molecule has 170 valence electrons. The number of anilines is 1. The van der Waals surface area contributed by atoms with Gasteiger partial charge in [0.1, 0.15) is 5.75 Å². The molecule has 0 bridgehead atoms. The predicted octanol–water partition coefficient (Wildman–Crippen LogP) is 5.55. The Morgan fingerprint density at radius 2 is 1.76 bits per heavy atom. The monoisotopic (exact) mass is 470 g/mol. The number of H-pyrrole nitrogens is 1. The second kappa shape index (κ2) is 9.84. The molecule has 0 saturated heterocycles. The highest BCUT2D eigenvalue weighted by molar-refractivity contribution is 7.99. The molecule has 0 aliphatic heterocycles. The van der Waals surface area contributed by atoms with E-state index in [4.69, 9.17) is 9.15 Å². The van der Waals surface area contributed by atoms with Gasteiger partial charge in [-0.1, -0.05) is 60.3 Å². The van der Waals surface area contributed by atoms with E-state index in [2.05, 4.69) is 15.2 Å². The van der Waals surface area contributed by atoms with E-state index in [1.807, 2.05) is 85.1 Å². The number of methoxy groups -OCH3 is 1. The number of aromatic nitrogens is 3. The van der Waals surface area contributed by atoms with Crippen molar-refractivity contribution in [1.82, 2.24) is 15.2 Å². The number of aromatic amines is 1. The van der Waals surface area contributed by atoms with Crippen molar-refractivity contribution in [3.8, 4) is 17.2 Å². The fraction of sp³-hybridized carbons (Fsp3) is 0.115. The third-order valence-corrected chi connectivity index (χ3v) is 6.22. The lowest BCUT2D eigenvalue weighted by Gasteiger charge is -2.23. The molecule has 0 aliphatic carbocycles. The zero-order chi connectivity index (χ0) is 23.3. The van der Waals surface area contributed by atoms with E-state index >= 15 is 0 Å². The number of amides is 1. The summed E-state index contributed by atoms with van der Waals surface area (Å²) in [5, 5.41) is 9.67. The van der Waals surface area contributed by atoms with Crippen LogP contribution in [0, 0.1) is 0 Å². The zero-order valence-electron chi connectivity index (χ0n) is 18.5. The number of fused-ring (bicyclic) bond motifs is 1. The SMILES string of the molecule is COc1ccc(CN(C(=O)CSc2nnc(-c3c[nH]c4ccccc34)o2)c2ccccc2)cc1. The largest absolute Gasteiger partial charge is 0.497 e. The fourth-order valence-corrected chi connectivity index (χ4v) is 4.31. The van der Waals surface area contributed by atoms with E-state index < -0.39 is 0 Å². The predicted molar refractivity (Wildman–Crippen MR) is 133 cm³/mol. The minimum Gasteiger partial charge on any atom is -0.497 e. The van der Waals surface area contributed by atoms with E-state index in [1.54, 1.807) is 12.0 Å². The number of thioether (sulfide) groups is 1. The van der Waals surface area contributed by atoms with Gasteiger partial charge in [0, 0.05) is 22.8 Å². The number of carbonyl (C=O) groups excluding carboxylic acids is 1. The summed E-state index contributed by atoms with van der Waals surface area (Å²) in [6.45, 7) is 0.442. The van der Waals surface area contributed by atoms with Crippen molar-refractivity contribution in [3.05, 3.63) is 90.6 Å². The average molecular weight is 471 g/mol. The van der Waals surface area contributed by atoms with Crippen molar-refractivity contribution in [1.29, 1.82) is 0 Å². The number of ether oxygens (including phenoxy) is 1. The smallest absolute Gasteiger partial charge is 0.277 e. The Morgan fingerprint density at radius 3 is 2.56 bits per heavy atom. The van der Waals surface area contributed by atoms with Crippen molar-refractivity contribution in [2.45, 2.75) is 11.8 Å². The highest BCUT2D eigenvalue weighted by Crippen LogP contribution is 2.30. The Morgan fingerprint density at radius 1 is 1.00 bits per heavy atom. The lowest BCUT2D eigenvalue weighted by atomic mass is 10.2. The van der Waals surface area contributed by atoms with E-state index in [0.29, 0.717) is 17.7 Å². The molecule has 2 aromatic heterocycles. The number of carbonyl (C=O) groups is 1. The standard InChI is InChI=1S/C26H22N4O3S/c1-32-20-13-11-18(12-14-20)16-30(19-7-3-2-4-8-19)24(31)17-34-26-29-28-25(33-26)22-15-27-23-10-6-5-9-21(22)23/h2-15,27H,16-17H2,1H3. The molecular formula is C26H22N4O3S. The number of rotatable bonds is 8. The van der Waals surface area contributed by atoms with Crippen LogP contribution in [0.2, 0.25) is 0 Å². The Bertz CT molecular complexity index is 1400. The van der Waals surface area contributed by atoms with Gasteiger partial charge in [-0.25, -0.2) is 0 Å². The first-order valence-corrected chi connectivity index (χ1v) is 11.7. The topological polar surface area (TPSA) is 84.2 Å². The molecule has 8 heteroatoms. The lowest BCUT2D eigenvalue weighted by Crippen LogP contribution is -2.31. The molecule has 1 amide bonds. The van der Waals surface area contributed by atoms with Crippen LogP contribution in [0.25, 0.3) is 22.4 Å². The molecule has 0 saturated carbocycles. The summed E-state index contributed by atoms with van der Waals surface area (Å²) < 4.78 is 11.1. The molecule has 1 N–H and O–H groups in total. The maximum absolute atomic E-state index is 13.2. The number of nitrogens with one attached hydrogen (secondary N) is 1. The first-order chi connectivity index (χ1) is 16.7. The molecule has 7 nitrogen and oxygen atoms in total. The second-order valence-electron chi connectivity index (χ2n) is 7.57. The molecule has 5 rings (SSSR count). The van der Waals surface area contributed by atoms with Crippen LogP contribution in [0.1, 0.15) is 5.56 Å². The number of hydrogen-bond acceptors (Lipinski definition) is 6. The molecule has 5 aromatic rings. The van der Waals surface area contributed by atoms with E-state index in [9.17, 15) is 4.79 Å². The van der Waals surface area contributed by atoms with Crippen molar-refractivity contribution in [2.75, 3.05) is 17.8 Å². The molecule has 2 heterocycles. The normalized spacial score (nSPS) is 11.0. The van der Waals surface area contributed by atoms with Gasteiger partial charge >= 0.3 is 0 Å². The van der Waals surface area contributed by atoms with Gasteiger partial charge < -0.3 is 19.0 Å². The Balaban J connectivity index is 1.31. The van der Waals surface area contributed by atoms with Crippen LogP contribution in [0.15, 0.2) is 94.7 Å².